The summed E-state index contributed by atoms with van der Waals surface area (Å²) in [5, 5.41) is 8.17. The summed E-state index contributed by atoms with van der Waals surface area (Å²) in [5.74, 6) is 1.22. The number of rotatable bonds is 5. The minimum absolute atomic E-state index is 0.576. The molecule has 0 bridgehead atoms. The second-order valence-electron chi connectivity index (χ2n) is 4.67. The molecule has 0 fully saturated rings. The molecule has 0 saturated heterocycles. The molecule has 0 aliphatic carbocycles. The lowest BCUT2D eigenvalue weighted by Gasteiger charge is -2.13. The predicted molar refractivity (Wildman–Crippen MR) is 75.5 cm³/mol. The first-order valence-electron chi connectivity index (χ1n) is 6.37. The largest absolute Gasteiger partial charge is 0.419 e. The molecule has 19 heavy (non-hydrogen) atoms. The van der Waals surface area contributed by atoms with Gasteiger partial charge in [0.25, 0.3) is 0 Å². The molecule has 2 aromatic rings. The lowest BCUT2D eigenvalue weighted by atomic mass is 10.2. The first kappa shape index (κ1) is 13.5. The summed E-state index contributed by atoms with van der Waals surface area (Å²) in [7, 11) is 2.04. The fraction of sp³-hybridized carbons (Fsp3) is 0.333. The average Bonchev–Trinajstić information content (AvgIpc) is 2.88. The van der Waals surface area contributed by atoms with Crippen LogP contribution in [0.15, 0.2) is 46.4 Å². The molecule has 4 nitrogen and oxygen atoms in total. The molecular formula is C15H19N3O. The van der Waals surface area contributed by atoms with Crippen molar-refractivity contribution < 1.29 is 4.42 Å². The summed E-state index contributed by atoms with van der Waals surface area (Å²) in [4.78, 5) is 2.15. The summed E-state index contributed by atoms with van der Waals surface area (Å²) in [5.41, 5.74) is 2.28. The van der Waals surface area contributed by atoms with Crippen molar-refractivity contribution >= 4 is 0 Å². The first-order valence-corrected chi connectivity index (χ1v) is 6.37. The molecule has 100 valence electrons. The molecule has 0 radical (unpaired) electrons. The molecule has 1 aromatic carbocycles. The Morgan fingerprint density at radius 3 is 2.68 bits per heavy atom. The molecule has 0 unspecified atom stereocenters. The molecule has 0 aliphatic heterocycles. The molecule has 4 heteroatoms. The van der Waals surface area contributed by atoms with Crippen LogP contribution in [0, 0.1) is 0 Å². The Bertz CT molecular complexity index is 546. The van der Waals surface area contributed by atoms with Gasteiger partial charge in [-0.2, -0.15) is 0 Å². The topological polar surface area (TPSA) is 42.2 Å². The lowest BCUT2D eigenvalue weighted by Crippen LogP contribution is -2.20. The van der Waals surface area contributed by atoms with E-state index in [9.17, 15) is 0 Å². The van der Waals surface area contributed by atoms with Crippen molar-refractivity contribution in [3.05, 3.63) is 47.9 Å². The highest BCUT2D eigenvalue weighted by atomic mass is 16.4. The Morgan fingerprint density at radius 1 is 1.26 bits per heavy atom. The van der Waals surface area contributed by atoms with Gasteiger partial charge in [0.15, 0.2) is 0 Å². The average molecular weight is 257 g/mol. The van der Waals surface area contributed by atoms with Crippen molar-refractivity contribution in [2.75, 3.05) is 13.6 Å². The second-order valence-corrected chi connectivity index (χ2v) is 4.67. The van der Waals surface area contributed by atoms with Gasteiger partial charge >= 0.3 is 0 Å². The first-order chi connectivity index (χ1) is 9.19. The number of nitrogens with zero attached hydrogens (tertiary/aromatic N) is 3. The van der Waals surface area contributed by atoms with Gasteiger partial charge in [0.1, 0.15) is 0 Å². The number of likely N-dealkylation sites (N-methyl/N-ethyl adjacent to an activating group) is 1. The van der Waals surface area contributed by atoms with Crippen molar-refractivity contribution in [2.24, 2.45) is 0 Å². The smallest absolute Gasteiger partial charge is 0.247 e. The van der Waals surface area contributed by atoms with Crippen molar-refractivity contribution in [3.8, 4) is 11.5 Å². The van der Waals surface area contributed by atoms with Gasteiger partial charge in [0.05, 0.1) is 6.54 Å². The zero-order valence-corrected chi connectivity index (χ0v) is 11.6. The van der Waals surface area contributed by atoms with E-state index in [1.807, 2.05) is 44.3 Å². The minimum atomic E-state index is 0.576. The number of hydrogen-bond acceptors (Lipinski definition) is 4. The van der Waals surface area contributed by atoms with Gasteiger partial charge in [-0.1, -0.05) is 29.8 Å². The van der Waals surface area contributed by atoms with E-state index in [0.717, 1.165) is 12.1 Å². The highest BCUT2D eigenvalue weighted by Gasteiger charge is 2.10. The third kappa shape index (κ3) is 3.76. The molecule has 0 N–H and O–H groups in total. The quantitative estimate of drug-likeness (QED) is 0.772. The van der Waals surface area contributed by atoms with E-state index < -0.39 is 0 Å². The fourth-order valence-electron chi connectivity index (χ4n) is 1.82. The molecule has 0 atom stereocenters. The van der Waals surface area contributed by atoms with Crippen LogP contribution >= 0.6 is 0 Å². The number of aromatic nitrogens is 2. The van der Waals surface area contributed by atoms with Crippen molar-refractivity contribution in [2.45, 2.75) is 20.4 Å². The third-order valence-corrected chi connectivity index (χ3v) is 2.90. The molecule has 1 aromatic heterocycles. The maximum Gasteiger partial charge on any atom is 0.247 e. The summed E-state index contributed by atoms with van der Waals surface area (Å²) in [6, 6.07) is 9.81. The van der Waals surface area contributed by atoms with Crippen LogP contribution in [0.3, 0.4) is 0 Å². The highest BCUT2D eigenvalue weighted by Crippen LogP contribution is 2.17. The fourth-order valence-corrected chi connectivity index (χ4v) is 1.82. The van der Waals surface area contributed by atoms with Crippen molar-refractivity contribution in [1.29, 1.82) is 0 Å². The molecule has 1 heterocycles. The van der Waals surface area contributed by atoms with Crippen LogP contribution in [0.5, 0.6) is 0 Å². The molecular weight excluding hydrogens is 238 g/mol. The summed E-state index contributed by atoms with van der Waals surface area (Å²) in [6.07, 6.45) is 2.11. The van der Waals surface area contributed by atoms with Gasteiger partial charge < -0.3 is 4.42 Å². The van der Waals surface area contributed by atoms with Gasteiger partial charge in [-0.25, -0.2) is 0 Å². The van der Waals surface area contributed by atoms with Gasteiger partial charge in [-0.3, -0.25) is 4.90 Å². The zero-order valence-electron chi connectivity index (χ0n) is 11.6. The molecule has 0 saturated carbocycles. The zero-order chi connectivity index (χ0) is 13.7. The molecule has 0 spiro atoms. The lowest BCUT2D eigenvalue weighted by molar-refractivity contribution is 0.311. The van der Waals surface area contributed by atoms with Crippen LogP contribution in [-0.4, -0.2) is 28.7 Å². The van der Waals surface area contributed by atoms with Gasteiger partial charge in [0, 0.05) is 12.1 Å². The maximum absolute atomic E-state index is 5.67. The molecule has 0 amide bonds. The van der Waals surface area contributed by atoms with Crippen LogP contribution in [0.25, 0.3) is 11.5 Å². The van der Waals surface area contributed by atoms with Crippen LogP contribution in [0.1, 0.15) is 19.7 Å². The van der Waals surface area contributed by atoms with E-state index in [4.69, 9.17) is 4.42 Å². The molecule has 2 rings (SSSR count). The molecule has 0 aliphatic rings. The van der Waals surface area contributed by atoms with E-state index in [-0.39, 0.29) is 0 Å². The predicted octanol–water partition coefficient (Wildman–Crippen LogP) is 3.13. The van der Waals surface area contributed by atoms with E-state index in [0.29, 0.717) is 18.3 Å². The number of hydrogen-bond donors (Lipinski definition) is 0. The van der Waals surface area contributed by atoms with E-state index in [1.165, 1.54) is 5.57 Å². The number of benzene rings is 1. The Morgan fingerprint density at radius 2 is 2.00 bits per heavy atom. The van der Waals surface area contributed by atoms with Crippen LogP contribution in [-0.2, 0) is 6.54 Å². The standard InChI is InChI=1S/C15H19N3O/c1-4-12(2)10-18(3)11-14-16-17-15(19-14)13-8-6-5-7-9-13/h4-9H,10-11H2,1-3H3. The summed E-state index contributed by atoms with van der Waals surface area (Å²) >= 11 is 0. The Balaban J connectivity index is 2.02. The van der Waals surface area contributed by atoms with E-state index >= 15 is 0 Å². The van der Waals surface area contributed by atoms with Crippen LogP contribution < -0.4 is 0 Å². The maximum atomic E-state index is 5.67. The summed E-state index contributed by atoms with van der Waals surface area (Å²) in [6.45, 7) is 5.72. The number of allylic oxidation sites excluding steroid dienone is 1. The van der Waals surface area contributed by atoms with Crippen LogP contribution in [0.4, 0.5) is 0 Å². The van der Waals surface area contributed by atoms with Gasteiger partial charge in [-0.15, -0.1) is 10.2 Å². The normalized spacial score (nSPS) is 12.1. The Labute approximate surface area is 113 Å². The summed E-state index contributed by atoms with van der Waals surface area (Å²) < 4.78 is 5.67. The SMILES string of the molecule is CC=C(C)CN(C)Cc1nnc(-c2ccccc2)o1. The highest BCUT2D eigenvalue weighted by molar-refractivity contribution is 5.51. The third-order valence-electron chi connectivity index (χ3n) is 2.90. The van der Waals surface area contributed by atoms with E-state index in [2.05, 4.69) is 28.1 Å². The Hall–Kier alpha value is -1.94. The monoisotopic (exact) mass is 257 g/mol. The van der Waals surface area contributed by atoms with Gasteiger partial charge in [-0.05, 0) is 33.0 Å². The van der Waals surface area contributed by atoms with Gasteiger partial charge in [0.2, 0.25) is 11.8 Å². The van der Waals surface area contributed by atoms with E-state index in [1.54, 1.807) is 0 Å². The van der Waals surface area contributed by atoms with Crippen molar-refractivity contribution in [3.63, 3.8) is 0 Å². The Kier molecular flexibility index (Phi) is 4.47. The van der Waals surface area contributed by atoms with Crippen LogP contribution in [0.2, 0.25) is 0 Å². The van der Waals surface area contributed by atoms with Crippen molar-refractivity contribution in [1.82, 2.24) is 15.1 Å². The second kappa shape index (κ2) is 6.29. The minimum Gasteiger partial charge on any atom is -0.419 e.